The van der Waals surface area contributed by atoms with Gasteiger partial charge in [-0.1, -0.05) is 13.8 Å². The summed E-state index contributed by atoms with van der Waals surface area (Å²) in [6, 6.07) is -0.496. The predicted molar refractivity (Wildman–Crippen MR) is 71.4 cm³/mol. The summed E-state index contributed by atoms with van der Waals surface area (Å²) in [4.78, 5) is 22.5. The lowest BCUT2D eigenvalue weighted by Crippen LogP contribution is -2.41. The Morgan fingerprint density at radius 2 is 2.00 bits per heavy atom. The molecule has 0 aliphatic carbocycles. The number of amides is 3. The van der Waals surface area contributed by atoms with Crippen LogP contribution in [0.4, 0.5) is 4.79 Å². The van der Waals surface area contributed by atoms with E-state index in [4.69, 9.17) is 10.2 Å². The first kappa shape index (κ1) is 17.2. The molecule has 7 heteroatoms. The van der Waals surface area contributed by atoms with Crippen molar-refractivity contribution >= 4 is 23.7 Å². The van der Waals surface area contributed by atoms with E-state index in [1.807, 2.05) is 13.8 Å². The minimum absolute atomic E-state index is 0.0780. The van der Waals surface area contributed by atoms with Crippen molar-refractivity contribution in [3.63, 3.8) is 0 Å². The van der Waals surface area contributed by atoms with Crippen molar-refractivity contribution in [3.8, 4) is 0 Å². The number of rotatable bonds is 8. The number of carbonyl (C=O) groups excluding carboxylic acids is 2. The molecule has 3 amide bonds. The second kappa shape index (κ2) is 10.2. The molecule has 0 bridgehead atoms. The monoisotopic (exact) mass is 278 g/mol. The molecule has 18 heavy (non-hydrogen) atoms. The van der Waals surface area contributed by atoms with Gasteiger partial charge in [-0.3, -0.25) is 10.1 Å². The minimum Gasteiger partial charge on any atom is -0.394 e. The molecule has 0 heterocycles. The Labute approximate surface area is 112 Å². The Hall–Kier alpha value is -0.790. The summed E-state index contributed by atoms with van der Waals surface area (Å²) in [6.07, 6.45) is 0.0293. The molecule has 0 aromatic rings. The van der Waals surface area contributed by atoms with Gasteiger partial charge in [0.25, 0.3) is 0 Å². The zero-order chi connectivity index (χ0) is 14.0. The molecule has 0 fully saturated rings. The lowest BCUT2D eigenvalue weighted by atomic mass is 10.1. The molecular formula is C11H22N2O4S. The van der Waals surface area contributed by atoms with Crippen molar-refractivity contribution in [3.05, 3.63) is 0 Å². The molecule has 0 radical (unpaired) electrons. The zero-order valence-electron chi connectivity index (χ0n) is 10.8. The number of aliphatic hydroxyl groups is 2. The largest absolute Gasteiger partial charge is 0.394 e. The third kappa shape index (κ3) is 10.4. The standard InChI is InChI=1S/C11H22N2O4S/c1-8(2)3-4-12-11(17)13-10(16)7-18-6-9(15)5-14/h8-9,14-15H,3-7H2,1-2H3,(H2,12,13,16,17). The molecule has 0 saturated carbocycles. The van der Waals surface area contributed by atoms with Gasteiger partial charge in [-0.2, -0.15) is 0 Å². The van der Waals surface area contributed by atoms with E-state index in [-0.39, 0.29) is 18.1 Å². The van der Waals surface area contributed by atoms with Crippen LogP contribution >= 0.6 is 11.8 Å². The average molecular weight is 278 g/mol. The molecule has 6 nitrogen and oxygen atoms in total. The van der Waals surface area contributed by atoms with Gasteiger partial charge < -0.3 is 15.5 Å². The van der Waals surface area contributed by atoms with E-state index in [0.29, 0.717) is 12.5 Å². The van der Waals surface area contributed by atoms with Gasteiger partial charge in [0, 0.05) is 12.3 Å². The number of thioether (sulfide) groups is 1. The fourth-order valence-corrected chi connectivity index (χ4v) is 1.77. The average Bonchev–Trinajstić information content (AvgIpc) is 2.28. The normalized spacial score (nSPS) is 12.3. The Kier molecular flexibility index (Phi) is 9.72. The van der Waals surface area contributed by atoms with E-state index in [0.717, 1.165) is 18.2 Å². The molecule has 0 spiro atoms. The molecular weight excluding hydrogens is 256 g/mol. The molecule has 0 saturated heterocycles. The summed E-state index contributed by atoms with van der Waals surface area (Å²) in [5, 5.41) is 22.4. The topological polar surface area (TPSA) is 98.7 Å². The number of urea groups is 1. The Morgan fingerprint density at radius 3 is 2.56 bits per heavy atom. The third-order valence-electron chi connectivity index (χ3n) is 2.01. The number of imide groups is 1. The number of carbonyl (C=O) groups is 2. The fourth-order valence-electron chi connectivity index (χ4n) is 1.02. The van der Waals surface area contributed by atoms with Gasteiger partial charge in [-0.05, 0) is 12.3 Å². The van der Waals surface area contributed by atoms with Gasteiger partial charge in [-0.15, -0.1) is 11.8 Å². The number of nitrogens with one attached hydrogen (secondary N) is 2. The van der Waals surface area contributed by atoms with Crippen molar-refractivity contribution < 1.29 is 19.8 Å². The lowest BCUT2D eigenvalue weighted by molar-refractivity contribution is -0.117. The van der Waals surface area contributed by atoms with Crippen molar-refractivity contribution in [1.29, 1.82) is 0 Å². The molecule has 0 aliphatic rings. The summed E-state index contributed by atoms with van der Waals surface area (Å²) in [5.74, 6) is 0.428. The SMILES string of the molecule is CC(C)CCNC(=O)NC(=O)CSCC(O)CO. The van der Waals surface area contributed by atoms with Crippen LogP contribution in [0.3, 0.4) is 0 Å². The van der Waals surface area contributed by atoms with Gasteiger partial charge in [0.2, 0.25) is 5.91 Å². The Bertz CT molecular complexity index is 261. The molecule has 0 rings (SSSR count). The molecule has 0 aromatic carbocycles. The second-order valence-corrected chi connectivity index (χ2v) is 5.37. The molecule has 1 unspecified atom stereocenters. The van der Waals surface area contributed by atoms with Crippen LogP contribution in [0.25, 0.3) is 0 Å². The van der Waals surface area contributed by atoms with E-state index in [1.54, 1.807) is 0 Å². The van der Waals surface area contributed by atoms with E-state index in [9.17, 15) is 9.59 Å². The first-order valence-electron chi connectivity index (χ1n) is 5.90. The van der Waals surface area contributed by atoms with Gasteiger partial charge in [0.15, 0.2) is 0 Å². The lowest BCUT2D eigenvalue weighted by Gasteiger charge is -2.09. The first-order valence-corrected chi connectivity index (χ1v) is 7.05. The number of hydrogen-bond donors (Lipinski definition) is 4. The highest BCUT2D eigenvalue weighted by Crippen LogP contribution is 2.02. The summed E-state index contributed by atoms with van der Waals surface area (Å²) in [6.45, 7) is 4.30. The van der Waals surface area contributed by atoms with Crippen LogP contribution in [0.5, 0.6) is 0 Å². The van der Waals surface area contributed by atoms with E-state index >= 15 is 0 Å². The summed E-state index contributed by atoms with van der Waals surface area (Å²) >= 11 is 1.16. The summed E-state index contributed by atoms with van der Waals surface area (Å²) in [7, 11) is 0. The van der Waals surface area contributed by atoms with Crippen molar-refractivity contribution in [2.45, 2.75) is 26.4 Å². The van der Waals surface area contributed by atoms with Crippen LogP contribution in [-0.2, 0) is 4.79 Å². The summed E-state index contributed by atoms with van der Waals surface area (Å²) < 4.78 is 0. The summed E-state index contributed by atoms with van der Waals surface area (Å²) in [5.41, 5.74) is 0. The highest BCUT2D eigenvalue weighted by molar-refractivity contribution is 7.99. The van der Waals surface area contributed by atoms with Gasteiger partial charge >= 0.3 is 6.03 Å². The molecule has 1 atom stereocenters. The van der Waals surface area contributed by atoms with Crippen LogP contribution in [0.2, 0.25) is 0 Å². The number of aliphatic hydroxyl groups excluding tert-OH is 2. The quantitative estimate of drug-likeness (QED) is 0.499. The van der Waals surface area contributed by atoms with Crippen molar-refractivity contribution in [1.82, 2.24) is 10.6 Å². The smallest absolute Gasteiger partial charge is 0.321 e. The molecule has 0 aliphatic heterocycles. The fraction of sp³-hybridized carbons (Fsp3) is 0.818. The molecule has 0 aromatic heterocycles. The maximum atomic E-state index is 11.3. The van der Waals surface area contributed by atoms with Crippen LogP contribution in [0.1, 0.15) is 20.3 Å². The second-order valence-electron chi connectivity index (χ2n) is 4.34. The van der Waals surface area contributed by atoms with Gasteiger partial charge in [0.05, 0.1) is 18.5 Å². The third-order valence-corrected chi connectivity index (χ3v) is 3.10. The van der Waals surface area contributed by atoms with Crippen molar-refractivity contribution in [2.24, 2.45) is 5.92 Å². The van der Waals surface area contributed by atoms with E-state index < -0.39 is 18.0 Å². The Morgan fingerprint density at radius 1 is 1.33 bits per heavy atom. The van der Waals surface area contributed by atoms with Crippen LogP contribution in [0.15, 0.2) is 0 Å². The predicted octanol–water partition coefficient (Wildman–Crippen LogP) is -0.0553. The molecule has 106 valence electrons. The van der Waals surface area contributed by atoms with Crippen LogP contribution in [0, 0.1) is 5.92 Å². The van der Waals surface area contributed by atoms with E-state index in [2.05, 4.69) is 10.6 Å². The number of hydrogen-bond acceptors (Lipinski definition) is 5. The van der Waals surface area contributed by atoms with E-state index in [1.165, 1.54) is 0 Å². The maximum Gasteiger partial charge on any atom is 0.321 e. The van der Waals surface area contributed by atoms with Gasteiger partial charge in [0.1, 0.15) is 0 Å². The highest BCUT2D eigenvalue weighted by Gasteiger charge is 2.09. The first-order chi connectivity index (χ1) is 8.45. The maximum absolute atomic E-state index is 11.3. The zero-order valence-corrected chi connectivity index (χ0v) is 11.6. The van der Waals surface area contributed by atoms with Crippen molar-refractivity contribution in [2.75, 3.05) is 24.7 Å². The highest BCUT2D eigenvalue weighted by atomic mass is 32.2. The van der Waals surface area contributed by atoms with Gasteiger partial charge in [-0.25, -0.2) is 4.79 Å². The van der Waals surface area contributed by atoms with Crippen LogP contribution in [-0.4, -0.2) is 52.9 Å². The minimum atomic E-state index is -0.831. The Balaban J connectivity index is 3.58. The van der Waals surface area contributed by atoms with Crippen LogP contribution < -0.4 is 10.6 Å². The molecule has 4 N–H and O–H groups in total.